The van der Waals surface area contributed by atoms with Crippen molar-refractivity contribution in [1.29, 1.82) is 0 Å². The average molecular weight is 319 g/mol. The molecule has 1 fully saturated rings. The number of thioether (sulfide) groups is 1. The van der Waals surface area contributed by atoms with Crippen LogP contribution in [0.25, 0.3) is 0 Å². The van der Waals surface area contributed by atoms with E-state index in [4.69, 9.17) is 23.8 Å². The standard InChI is InChI=1S/C11H8ClFN2O2S2/c12-7-3-6(1-2-8(7)13)14-9(16)4-15-10(17)5-19-11(15)18/h1-3H,4-5H2,(H,14,16). The van der Waals surface area contributed by atoms with E-state index in [-0.39, 0.29) is 23.2 Å². The summed E-state index contributed by atoms with van der Waals surface area (Å²) in [5.41, 5.74) is 0.363. The molecule has 0 aromatic heterocycles. The van der Waals surface area contributed by atoms with Crippen LogP contribution in [0.2, 0.25) is 5.02 Å². The molecule has 19 heavy (non-hydrogen) atoms. The summed E-state index contributed by atoms with van der Waals surface area (Å²) in [5.74, 6) is -0.913. The first-order valence-electron chi connectivity index (χ1n) is 5.19. The van der Waals surface area contributed by atoms with E-state index in [9.17, 15) is 14.0 Å². The minimum absolute atomic E-state index is 0.0823. The van der Waals surface area contributed by atoms with Gasteiger partial charge in [0.15, 0.2) is 0 Å². The van der Waals surface area contributed by atoms with Crippen molar-refractivity contribution >= 4 is 57.4 Å². The van der Waals surface area contributed by atoms with E-state index in [0.717, 1.165) is 6.07 Å². The molecule has 1 N–H and O–H groups in total. The Kier molecular flexibility index (Phi) is 4.38. The lowest BCUT2D eigenvalue weighted by Gasteiger charge is -2.14. The minimum Gasteiger partial charge on any atom is -0.324 e. The zero-order valence-electron chi connectivity index (χ0n) is 9.48. The van der Waals surface area contributed by atoms with Gasteiger partial charge < -0.3 is 5.32 Å². The monoisotopic (exact) mass is 318 g/mol. The van der Waals surface area contributed by atoms with Gasteiger partial charge in [-0.25, -0.2) is 4.39 Å². The number of thiocarbonyl (C=S) groups is 1. The second-order valence-electron chi connectivity index (χ2n) is 3.71. The van der Waals surface area contributed by atoms with Crippen molar-refractivity contribution in [2.75, 3.05) is 17.6 Å². The summed E-state index contributed by atoms with van der Waals surface area (Å²) in [7, 11) is 0. The number of benzene rings is 1. The number of carbonyl (C=O) groups is 2. The Balaban J connectivity index is 1.99. The Morgan fingerprint density at radius 3 is 2.89 bits per heavy atom. The number of amides is 2. The molecule has 0 bridgehead atoms. The molecular weight excluding hydrogens is 311 g/mol. The number of nitrogens with one attached hydrogen (secondary N) is 1. The average Bonchev–Trinajstić information content (AvgIpc) is 2.66. The molecule has 1 saturated heterocycles. The van der Waals surface area contributed by atoms with Gasteiger partial charge in [0.05, 0.1) is 10.8 Å². The predicted octanol–water partition coefficient (Wildman–Crippen LogP) is 2.28. The maximum absolute atomic E-state index is 12.9. The molecule has 8 heteroatoms. The number of rotatable bonds is 3. The number of anilines is 1. The molecule has 0 aliphatic carbocycles. The molecule has 0 atom stereocenters. The third-order valence-electron chi connectivity index (χ3n) is 2.35. The molecule has 4 nitrogen and oxygen atoms in total. The van der Waals surface area contributed by atoms with Crippen LogP contribution in [0.5, 0.6) is 0 Å². The zero-order valence-corrected chi connectivity index (χ0v) is 11.9. The first-order valence-corrected chi connectivity index (χ1v) is 6.96. The molecular formula is C11H8ClFN2O2S2. The molecule has 1 aliphatic rings. The Hall–Kier alpha value is -1.18. The fourth-order valence-electron chi connectivity index (χ4n) is 1.45. The van der Waals surface area contributed by atoms with E-state index in [1.54, 1.807) is 0 Å². The number of carbonyl (C=O) groups excluding carboxylic acids is 2. The molecule has 0 unspecified atom stereocenters. The highest BCUT2D eigenvalue weighted by atomic mass is 35.5. The van der Waals surface area contributed by atoms with Crippen LogP contribution in [-0.4, -0.2) is 33.3 Å². The molecule has 2 amide bonds. The van der Waals surface area contributed by atoms with E-state index in [1.165, 1.54) is 28.8 Å². The van der Waals surface area contributed by atoms with Crippen molar-refractivity contribution in [2.24, 2.45) is 0 Å². The molecule has 100 valence electrons. The highest BCUT2D eigenvalue weighted by Crippen LogP contribution is 2.21. The maximum atomic E-state index is 12.9. The van der Waals surface area contributed by atoms with Gasteiger partial charge in [0.1, 0.15) is 16.7 Å². The third kappa shape index (κ3) is 3.43. The molecule has 1 aromatic carbocycles. The summed E-state index contributed by atoms with van der Waals surface area (Å²) in [6, 6.07) is 3.84. The topological polar surface area (TPSA) is 49.4 Å². The van der Waals surface area contributed by atoms with Crippen molar-refractivity contribution in [3.63, 3.8) is 0 Å². The summed E-state index contributed by atoms with van der Waals surface area (Å²) in [6.45, 7) is -0.153. The Bertz CT molecular complexity index is 552. The van der Waals surface area contributed by atoms with E-state index in [1.807, 2.05) is 0 Å². The summed E-state index contributed by atoms with van der Waals surface area (Å²) in [5, 5.41) is 2.44. The highest BCUT2D eigenvalue weighted by molar-refractivity contribution is 8.23. The van der Waals surface area contributed by atoms with Gasteiger partial charge in [0.2, 0.25) is 11.8 Å². The molecule has 0 spiro atoms. The van der Waals surface area contributed by atoms with Gasteiger partial charge in [-0.3, -0.25) is 14.5 Å². The number of hydrogen-bond acceptors (Lipinski definition) is 4. The van der Waals surface area contributed by atoms with Gasteiger partial charge in [0, 0.05) is 5.69 Å². The molecule has 0 radical (unpaired) electrons. The van der Waals surface area contributed by atoms with Crippen molar-refractivity contribution in [3.05, 3.63) is 29.0 Å². The second kappa shape index (κ2) is 5.85. The summed E-state index contributed by atoms with van der Waals surface area (Å²) < 4.78 is 13.3. The fraction of sp³-hybridized carbons (Fsp3) is 0.182. The SMILES string of the molecule is O=C(CN1C(=O)CSC1=S)Nc1ccc(F)c(Cl)c1. The van der Waals surface area contributed by atoms with Gasteiger partial charge in [0.25, 0.3) is 0 Å². The molecule has 2 rings (SSSR count). The number of halogens is 2. The van der Waals surface area contributed by atoms with E-state index in [0.29, 0.717) is 10.0 Å². The van der Waals surface area contributed by atoms with E-state index >= 15 is 0 Å². The van der Waals surface area contributed by atoms with Gasteiger partial charge in [-0.2, -0.15) is 0 Å². The first kappa shape index (κ1) is 14.2. The highest BCUT2D eigenvalue weighted by Gasteiger charge is 2.28. The van der Waals surface area contributed by atoms with Crippen molar-refractivity contribution in [2.45, 2.75) is 0 Å². The Labute approximate surface area is 123 Å². The lowest BCUT2D eigenvalue weighted by molar-refractivity contribution is -0.127. The van der Waals surface area contributed by atoms with Crippen LogP contribution in [-0.2, 0) is 9.59 Å². The summed E-state index contributed by atoms with van der Waals surface area (Å²) in [6.07, 6.45) is 0. The Morgan fingerprint density at radius 1 is 1.58 bits per heavy atom. The third-order valence-corrected chi connectivity index (χ3v) is 4.07. The van der Waals surface area contributed by atoms with Gasteiger partial charge in [-0.05, 0) is 18.2 Å². The normalized spacial score (nSPS) is 14.9. The van der Waals surface area contributed by atoms with Crippen molar-refractivity contribution < 1.29 is 14.0 Å². The van der Waals surface area contributed by atoms with E-state index < -0.39 is 11.7 Å². The summed E-state index contributed by atoms with van der Waals surface area (Å²) >= 11 is 11.8. The van der Waals surface area contributed by atoms with Crippen LogP contribution in [0.1, 0.15) is 0 Å². The van der Waals surface area contributed by atoms with Gasteiger partial charge in [-0.1, -0.05) is 35.6 Å². The fourth-order valence-corrected chi connectivity index (χ4v) is 2.70. The Morgan fingerprint density at radius 2 is 2.32 bits per heavy atom. The molecule has 1 heterocycles. The first-order chi connectivity index (χ1) is 8.97. The smallest absolute Gasteiger partial charge is 0.244 e. The van der Waals surface area contributed by atoms with Crippen LogP contribution in [0.15, 0.2) is 18.2 Å². The number of nitrogens with zero attached hydrogens (tertiary/aromatic N) is 1. The number of hydrogen-bond donors (Lipinski definition) is 1. The van der Waals surface area contributed by atoms with Crippen LogP contribution in [0.3, 0.4) is 0 Å². The lowest BCUT2D eigenvalue weighted by atomic mass is 10.3. The molecule has 0 saturated carbocycles. The summed E-state index contributed by atoms with van der Waals surface area (Å²) in [4.78, 5) is 24.4. The molecule has 1 aliphatic heterocycles. The van der Waals surface area contributed by atoms with Gasteiger partial charge in [-0.15, -0.1) is 0 Å². The second-order valence-corrected chi connectivity index (χ2v) is 5.73. The quantitative estimate of drug-likeness (QED) is 0.869. The zero-order chi connectivity index (χ0) is 14.0. The van der Waals surface area contributed by atoms with Crippen LogP contribution in [0, 0.1) is 5.82 Å². The predicted molar refractivity (Wildman–Crippen MR) is 76.8 cm³/mol. The van der Waals surface area contributed by atoms with Crippen molar-refractivity contribution in [3.8, 4) is 0 Å². The van der Waals surface area contributed by atoms with Crippen LogP contribution in [0.4, 0.5) is 10.1 Å². The van der Waals surface area contributed by atoms with E-state index in [2.05, 4.69) is 5.32 Å². The van der Waals surface area contributed by atoms with Crippen molar-refractivity contribution in [1.82, 2.24) is 4.90 Å². The van der Waals surface area contributed by atoms with Crippen LogP contribution >= 0.6 is 35.6 Å². The maximum Gasteiger partial charge on any atom is 0.244 e. The van der Waals surface area contributed by atoms with Gasteiger partial charge >= 0.3 is 0 Å². The van der Waals surface area contributed by atoms with Crippen LogP contribution < -0.4 is 5.32 Å². The minimum atomic E-state index is -0.563. The molecule has 1 aromatic rings. The lowest BCUT2D eigenvalue weighted by Crippen LogP contribution is -2.36. The largest absolute Gasteiger partial charge is 0.324 e.